The molecule has 3 heterocycles. The molecule has 1 aromatic heterocycles. The van der Waals surface area contributed by atoms with Gasteiger partial charge in [0.05, 0.1) is 31.6 Å². The number of aliphatic hydroxyl groups excluding tert-OH is 1. The number of nitrogens with one attached hydrogen (secondary N) is 1. The Morgan fingerprint density at radius 1 is 1.37 bits per heavy atom. The minimum Gasteiger partial charge on any atom is -0.493 e. The highest BCUT2D eigenvalue weighted by molar-refractivity contribution is 5.95. The molecular formula is C23H32N4O3. The molecule has 2 aliphatic heterocycles. The summed E-state index contributed by atoms with van der Waals surface area (Å²) in [6, 6.07) is 4.27. The summed E-state index contributed by atoms with van der Waals surface area (Å²) in [4.78, 5) is 14.2. The van der Waals surface area contributed by atoms with Crippen LogP contribution in [0, 0.1) is 5.92 Å². The van der Waals surface area contributed by atoms with Crippen LogP contribution < -0.4 is 15.0 Å². The number of rotatable bonds is 7. The van der Waals surface area contributed by atoms with Crippen molar-refractivity contribution in [3.8, 4) is 16.9 Å². The molecule has 4 rings (SSSR count). The first-order chi connectivity index (χ1) is 14.6. The van der Waals surface area contributed by atoms with Crippen LogP contribution in [0.1, 0.15) is 38.7 Å². The van der Waals surface area contributed by atoms with E-state index in [1.807, 2.05) is 29.4 Å². The molecule has 1 saturated heterocycles. The second-order valence-electron chi connectivity index (χ2n) is 8.43. The summed E-state index contributed by atoms with van der Waals surface area (Å²) >= 11 is 0. The molecule has 0 radical (unpaired) electrons. The zero-order valence-electron chi connectivity index (χ0n) is 17.9. The molecule has 2 aliphatic rings. The predicted octanol–water partition coefficient (Wildman–Crippen LogP) is 2.61. The lowest BCUT2D eigenvalue weighted by atomic mass is 9.92. The number of aliphatic hydroxyl groups is 1. The zero-order valence-corrected chi connectivity index (χ0v) is 17.9. The number of carbonyl (C=O) groups excluding carboxylic acids is 1. The Labute approximate surface area is 178 Å². The van der Waals surface area contributed by atoms with Crippen molar-refractivity contribution in [3.05, 3.63) is 30.1 Å². The average molecular weight is 413 g/mol. The van der Waals surface area contributed by atoms with Gasteiger partial charge < -0.3 is 20.1 Å². The van der Waals surface area contributed by atoms with Crippen LogP contribution >= 0.6 is 0 Å². The van der Waals surface area contributed by atoms with Crippen molar-refractivity contribution < 1.29 is 14.6 Å². The number of carbonyl (C=O) groups is 1. The fourth-order valence-electron chi connectivity index (χ4n) is 4.69. The van der Waals surface area contributed by atoms with Gasteiger partial charge in [-0.15, -0.1) is 0 Å². The third-order valence-electron chi connectivity index (χ3n) is 6.30. The van der Waals surface area contributed by atoms with Gasteiger partial charge in [0.2, 0.25) is 5.91 Å². The van der Waals surface area contributed by atoms with Crippen molar-refractivity contribution in [1.29, 1.82) is 0 Å². The molecule has 7 heteroatoms. The van der Waals surface area contributed by atoms with Gasteiger partial charge in [-0.05, 0) is 63.7 Å². The Morgan fingerprint density at radius 3 is 2.97 bits per heavy atom. The molecule has 1 fully saturated rings. The Balaban J connectivity index is 1.68. The number of aromatic nitrogens is 2. The molecule has 0 bridgehead atoms. The summed E-state index contributed by atoms with van der Waals surface area (Å²) in [5.41, 5.74) is 4.04. The summed E-state index contributed by atoms with van der Waals surface area (Å²) in [7, 11) is 0. The number of fused-ring (bicyclic) bond motifs is 1. The van der Waals surface area contributed by atoms with Crippen LogP contribution in [0.15, 0.2) is 24.5 Å². The van der Waals surface area contributed by atoms with Crippen LogP contribution in [-0.2, 0) is 17.8 Å². The Hall–Kier alpha value is -2.38. The summed E-state index contributed by atoms with van der Waals surface area (Å²) in [6.45, 7) is 7.06. The molecule has 1 aromatic carbocycles. The summed E-state index contributed by atoms with van der Waals surface area (Å²) < 4.78 is 8.18. The van der Waals surface area contributed by atoms with Crippen molar-refractivity contribution in [2.24, 2.45) is 5.92 Å². The van der Waals surface area contributed by atoms with E-state index in [4.69, 9.17) is 4.74 Å². The van der Waals surface area contributed by atoms with Crippen molar-refractivity contribution >= 4 is 11.6 Å². The maximum atomic E-state index is 12.3. The van der Waals surface area contributed by atoms with Gasteiger partial charge in [0, 0.05) is 35.9 Å². The van der Waals surface area contributed by atoms with Crippen molar-refractivity contribution in [2.45, 2.75) is 52.1 Å². The minimum atomic E-state index is 0.0511. The molecule has 0 unspecified atom stereocenters. The van der Waals surface area contributed by atoms with E-state index in [0.29, 0.717) is 19.1 Å². The van der Waals surface area contributed by atoms with Crippen LogP contribution in [0.2, 0.25) is 0 Å². The fraction of sp³-hybridized carbons (Fsp3) is 0.565. The topological polar surface area (TPSA) is 79.6 Å². The van der Waals surface area contributed by atoms with E-state index >= 15 is 0 Å². The monoisotopic (exact) mass is 412 g/mol. The van der Waals surface area contributed by atoms with Crippen LogP contribution in [0.25, 0.3) is 11.1 Å². The van der Waals surface area contributed by atoms with E-state index in [1.165, 1.54) is 6.42 Å². The largest absolute Gasteiger partial charge is 0.493 e. The first-order valence-electron chi connectivity index (χ1n) is 11.0. The van der Waals surface area contributed by atoms with Gasteiger partial charge in [0.15, 0.2) is 0 Å². The molecule has 0 spiro atoms. The molecular weight excluding hydrogens is 380 g/mol. The van der Waals surface area contributed by atoms with Crippen LogP contribution in [0.3, 0.4) is 0 Å². The van der Waals surface area contributed by atoms with Crippen LogP contribution in [-0.4, -0.2) is 53.1 Å². The highest BCUT2D eigenvalue weighted by atomic mass is 16.5. The number of anilines is 1. The smallest absolute Gasteiger partial charge is 0.224 e. The average Bonchev–Trinajstić information content (AvgIpc) is 3.40. The number of benzene rings is 1. The molecule has 2 N–H and O–H groups in total. The van der Waals surface area contributed by atoms with Crippen LogP contribution in [0.5, 0.6) is 5.75 Å². The molecule has 1 amide bonds. The summed E-state index contributed by atoms with van der Waals surface area (Å²) in [6.07, 6.45) is 7.79. The summed E-state index contributed by atoms with van der Waals surface area (Å²) in [5, 5.41) is 17.0. The summed E-state index contributed by atoms with van der Waals surface area (Å²) in [5.74, 6) is 1.60. The van der Waals surface area contributed by atoms with Gasteiger partial charge in [-0.2, -0.15) is 5.10 Å². The second kappa shape index (κ2) is 9.18. The molecule has 0 saturated carbocycles. The first-order valence-corrected chi connectivity index (χ1v) is 11.0. The maximum absolute atomic E-state index is 12.3. The molecule has 0 aliphatic carbocycles. The number of hydrogen-bond acceptors (Lipinski definition) is 5. The number of hydrogen-bond donors (Lipinski definition) is 2. The van der Waals surface area contributed by atoms with Crippen molar-refractivity contribution in [1.82, 2.24) is 15.1 Å². The normalized spacial score (nSPS) is 21.0. The quantitative estimate of drug-likeness (QED) is 0.731. The van der Waals surface area contributed by atoms with Gasteiger partial charge in [0.25, 0.3) is 0 Å². The lowest BCUT2D eigenvalue weighted by Crippen LogP contribution is -2.40. The molecule has 30 heavy (non-hydrogen) atoms. The molecule has 2 atom stereocenters. The van der Waals surface area contributed by atoms with E-state index in [-0.39, 0.29) is 18.6 Å². The number of ether oxygens (including phenoxy) is 1. The van der Waals surface area contributed by atoms with Crippen molar-refractivity contribution in [2.75, 3.05) is 31.2 Å². The maximum Gasteiger partial charge on any atom is 0.224 e. The Bertz CT molecular complexity index is 889. The van der Waals surface area contributed by atoms with Gasteiger partial charge >= 0.3 is 0 Å². The van der Waals surface area contributed by atoms with Gasteiger partial charge in [0.1, 0.15) is 5.75 Å². The number of amides is 1. The third kappa shape index (κ3) is 4.23. The first kappa shape index (κ1) is 20.9. The highest BCUT2D eigenvalue weighted by Crippen LogP contribution is 2.43. The Morgan fingerprint density at radius 2 is 2.23 bits per heavy atom. The zero-order chi connectivity index (χ0) is 21.1. The molecule has 2 aromatic rings. The van der Waals surface area contributed by atoms with Crippen LogP contribution in [0.4, 0.5) is 5.69 Å². The van der Waals surface area contributed by atoms with E-state index in [1.54, 1.807) is 11.6 Å². The molecule has 7 nitrogen and oxygen atoms in total. The lowest BCUT2D eigenvalue weighted by Gasteiger charge is -2.36. The fourth-order valence-corrected chi connectivity index (χ4v) is 4.69. The SMILES string of the molecule is CC(=O)N1c2ccc(-c3cnn(CCO)c3)c(OCC[C@H]3CCNC3)c2CC[C@@H]1C. The second-order valence-corrected chi connectivity index (χ2v) is 8.43. The molecule has 162 valence electrons. The van der Waals surface area contributed by atoms with E-state index in [2.05, 4.69) is 17.3 Å². The van der Waals surface area contributed by atoms with E-state index < -0.39 is 0 Å². The van der Waals surface area contributed by atoms with E-state index in [0.717, 1.165) is 60.5 Å². The van der Waals surface area contributed by atoms with Gasteiger partial charge in [-0.1, -0.05) is 0 Å². The lowest BCUT2D eigenvalue weighted by molar-refractivity contribution is -0.117. The van der Waals surface area contributed by atoms with Gasteiger partial charge in [-0.3, -0.25) is 9.48 Å². The third-order valence-corrected chi connectivity index (χ3v) is 6.30. The van der Waals surface area contributed by atoms with Crippen molar-refractivity contribution in [3.63, 3.8) is 0 Å². The predicted molar refractivity (Wildman–Crippen MR) is 117 cm³/mol. The van der Waals surface area contributed by atoms with E-state index in [9.17, 15) is 9.90 Å². The Kier molecular flexibility index (Phi) is 6.39. The standard InChI is InChI=1S/C23H32N4O3/c1-16-3-4-21-22(27(16)17(2)29)6-5-20(19-14-25-26(15-19)10-11-28)23(21)30-12-8-18-7-9-24-13-18/h5-6,14-16,18,24,28H,3-4,7-13H2,1-2H3/t16-,18+/m0/s1. The van der Waals surface area contributed by atoms with Gasteiger partial charge in [-0.25, -0.2) is 0 Å². The number of nitrogens with zero attached hydrogens (tertiary/aromatic N) is 3. The minimum absolute atomic E-state index is 0.0511. The highest BCUT2D eigenvalue weighted by Gasteiger charge is 2.30.